The van der Waals surface area contributed by atoms with Crippen molar-refractivity contribution in [1.82, 2.24) is 0 Å². The van der Waals surface area contributed by atoms with Gasteiger partial charge < -0.3 is 5.11 Å². The summed E-state index contributed by atoms with van der Waals surface area (Å²) >= 11 is 0. The minimum Gasteiger partial charge on any atom is -0.393 e. The third-order valence-electron chi connectivity index (χ3n) is 5.45. The highest BCUT2D eigenvalue weighted by molar-refractivity contribution is 5.17. The average Bonchev–Trinajstić information content (AvgIpc) is 2.79. The topological polar surface area (TPSA) is 20.2 Å². The molecule has 0 aromatic carbocycles. The van der Waals surface area contributed by atoms with Crippen LogP contribution < -0.4 is 0 Å². The summed E-state index contributed by atoms with van der Waals surface area (Å²) in [6, 6.07) is 0. The van der Waals surface area contributed by atoms with Crippen LogP contribution >= 0.6 is 0 Å². The lowest BCUT2D eigenvalue weighted by Gasteiger charge is -2.49. The minimum absolute atomic E-state index is 0.00606. The van der Waals surface area contributed by atoms with Gasteiger partial charge in [-0.05, 0) is 48.9 Å². The van der Waals surface area contributed by atoms with Crippen LogP contribution in [0.1, 0.15) is 51.9 Å². The molecule has 0 aliphatic heterocycles. The first-order valence-corrected chi connectivity index (χ1v) is 5.87. The van der Waals surface area contributed by atoms with Crippen LogP contribution in [0.15, 0.2) is 0 Å². The van der Waals surface area contributed by atoms with Crippen LogP contribution in [0.3, 0.4) is 0 Å². The monoisotopic (exact) mass is 180 g/mol. The van der Waals surface area contributed by atoms with E-state index in [1.165, 1.54) is 38.5 Å². The van der Waals surface area contributed by atoms with Crippen molar-refractivity contribution < 1.29 is 5.11 Å². The van der Waals surface area contributed by atoms with Crippen LogP contribution in [0, 0.1) is 16.7 Å². The van der Waals surface area contributed by atoms with E-state index in [-0.39, 0.29) is 6.10 Å². The molecular weight excluding hydrogens is 160 g/mol. The summed E-state index contributed by atoms with van der Waals surface area (Å²) in [5, 5.41) is 10.2. The van der Waals surface area contributed by atoms with Gasteiger partial charge in [-0.25, -0.2) is 0 Å². The Morgan fingerprint density at radius 3 is 2.69 bits per heavy atom. The molecule has 1 N–H and O–H groups in total. The lowest BCUT2D eigenvalue weighted by atomic mass is 9.57. The third-order valence-corrected chi connectivity index (χ3v) is 5.45. The highest BCUT2D eigenvalue weighted by Gasteiger charge is 2.68. The van der Waals surface area contributed by atoms with Crippen LogP contribution in [0.25, 0.3) is 0 Å². The molecule has 0 aromatic heterocycles. The molecule has 3 rings (SSSR count). The predicted octanol–water partition coefficient (Wildman–Crippen LogP) is 2.73. The zero-order valence-corrected chi connectivity index (χ0v) is 8.55. The van der Waals surface area contributed by atoms with Gasteiger partial charge in [-0.2, -0.15) is 0 Å². The quantitative estimate of drug-likeness (QED) is 0.607. The van der Waals surface area contributed by atoms with Gasteiger partial charge in [-0.15, -0.1) is 0 Å². The van der Waals surface area contributed by atoms with E-state index in [1.807, 2.05) is 0 Å². The van der Waals surface area contributed by atoms with Crippen molar-refractivity contribution in [2.75, 3.05) is 0 Å². The van der Waals surface area contributed by atoms with Crippen LogP contribution in [0.4, 0.5) is 0 Å². The number of hydrogen-bond donors (Lipinski definition) is 1. The van der Waals surface area contributed by atoms with Crippen LogP contribution in [0.5, 0.6) is 0 Å². The second kappa shape index (κ2) is 2.31. The summed E-state index contributed by atoms with van der Waals surface area (Å²) in [4.78, 5) is 0. The van der Waals surface area contributed by atoms with Gasteiger partial charge in [-0.1, -0.05) is 19.8 Å². The minimum atomic E-state index is 0.00606. The van der Waals surface area contributed by atoms with Crippen LogP contribution in [-0.2, 0) is 0 Å². The summed E-state index contributed by atoms with van der Waals surface area (Å²) in [6.45, 7) is 2.36. The Balaban J connectivity index is 1.97. The molecule has 74 valence electrons. The molecule has 3 saturated carbocycles. The van der Waals surface area contributed by atoms with Crippen molar-refractivity contribution in [2.24, 2.45) is 16.7 Å². The van der Waals surface area contributed by atoms with E-state index >= 15 is 0 Å². The van der Waals surface area contributed by atoms with Gasteiger partial charge in [-0.3, -0.25) is 0 Å². The van der Waals surface area contributed by atoms with E-state index < -0.39 is 0 Å². The summed E-state index contributed by atoms with van der Waals surface area (Å²) in [7, 11) is 0. The lowest BCUT2D eigenvalue weighted by molar-refractivity contribution is -0.0798. The molecule has 0 aromatic rings. The molecule has 3 fully saturated rings. The van der Waals surface area contributed by atoms with E-state index in [4.69, 9.17) is 0 Å². The van der Waals surface area contributed by atoms with Gasteiger partial charge in [0.05, 0.1) is 6.10 Å². The normalized spacial score (nSPS) is 59.5. The molecule has 4 atom stereocenters. The maximum atomic E-state index is 10.2. The van der Waals surface area contributed by atoms with Gasteiger partial charge in [0.15, 0.2) is 0 Å². The highest BCUT2D eigenvalue weighted by atomic mass is 16.3. The number of hydrogen-bond acceptors (Lipinski definition) is 1. The van der Waals surface area contributed by atoms with E-state index in [9.17, 15) is 5.11 Å². The van der Waals surface area contributed by atoms with Crippen molar-refractivity contribution in [3.8, 4) is 0 Å². The molecular formula is C12H20O. The Morgan fingerprint density at radius 1 is 1.15 bits per heavy atom. The smallest absolute Gasteiger partial charge is 0.0599 e. The van der Waals surface area contributed by atoms with E-state index in [0.717, 1.165) is 12.3 Å². The Morgan fingerprint density at radius 2 is 1.92 bits per heavy atom. The molecule has 1 heteroatoms. The van der Waals surface area contributed by atoms with E-state index in [2.05, 4.69) is 6.92 Å². The van der Waals surface area contributed by atoms with Crippen LogP contribution in [-0.4, -0.2) is 11.2 Å². The maximum absolute atomic E-state index is 10.2. The molecule has 0 radical (unpaired) electrons. The fourth-order valence-corrected chi connectivity index (χ4v) is 4.44. The molecule has 0 unspecified atom stereocenters. The maximum Gasteiger partial charge on any atom is 0.0599 e. The van der Waals surface area contributed by atoms with E-state index in [0.29, 0.717) is 10.8 Å². The second-order valence-corrected chi connectivity index (χ2v) is 5.77. The zero-order chi connectivity index (χ0) is 9.10. The second-order valence-electron chi connectivity index (χ2n) is 5.77. The van der Waals surface area contributed by atoms with Gasteiger partial charge in [0, 0.05) is 0 Å². The molecule has 0 heterocycles. The largest absolute Gasteiger partial charge is 0.393 e. The van der Waals surface area contributed by atoms with E-state index in [1.54, 1.807) is 0 Å². The van der Waals surface area contributed by atoms with Gasteiger partial charge in [0.1, 0.15) is 0 Å². The Bertz CT molecular complexity index is 237. The standard InChI is InChI=1S/C12H20O/c1-11-6-2-4-9-8-12(9,11)7-3-5-10(11)13/h9-10,13H,2-8H2,1H3/t9-,10-,11+,12+/m0/s1. The van der Waals surface area contributed by atoms with Crippen LogP contribution in [0.2, 0.25) is 0 Å². The van der Waals surface area contributed by atoms with Gasteiger partial charge in [0.25, 0.3) is 0 Å². The van der Waals surface area contributed by atoms with Crippen molar-refractivity contribution in [2.45, 2.75) is 58.0 Å². The molecule has 1 nitrogen and oxygen atoms in total. The summed E-state index contributed by atoms with van der Waals surface area (Å²) in [5.41, 5.74) is 0.900. The third kappa shape index (κ3) is 0.823. The molecule has 1 spiro atoms. The summed E-state index contributed by atoms with van der Waals surface area (Å²) in [6.07, 6.45) is 9.27. The average molecular weight is 180 g/mol. The Hall–Kier alpha value is -0.0400. The molecule has 0 amide bonds. The number of aliphatic hydroxyl groups excluding tert-OH is 1. The fraction of sp³-hybridized carbons (Fsp3) is 1.00. The molecule has 0 saturated heterocycles. The highest BCUT2D eigenvalue weighted by Crippen LogP contribution is 2.74. The zero-order valence-electron chi connectivity index (χ0n) is 8.55. The number of aliphatic hydroxyl groups is 1. The van der Waals surface area contributed by atoms with Gasteiger partial charge >= 0.3 is 0 Å². The summed E-state index contributed by atoms with van der Waals surface area (Å²) < 4.78 is 0. The Kier molecular flexibility index (Phi) is 1.47. The molecule has 0 bridgehead atoms. The first-order valence-electron chi connectivity index (χ1n) is 5.87. The van der Waals surface area contributed by atoms with Crippen molar-refractivity contribution >= 4 is 0 Å². The predicted molar refractivity (Wildman–Crippen MR) is 52.4 cm³/mol. The molecule has 13 heavy (non-hydrogen) atoms. The van der Waals surface area contributed by atoms with Gasteiger partial charge in [0.2, 0.25) is 0 Å². The summed E-state index contributed by atoms with van der Waals surface area (Å²) in [5.74, 6) is 0.987. The fourth-order valence-electron chi connectivity index (χ4n) is 4.44. The van der Waals surface area contributed by atoms with Crippen molar-refractivity contribution in [3.05, 3.63) is 0 Å². The lowest BCUT2D eigenvalue weighted by Crippen LogP contribution is -2.46. The first-order chi connectivity index (χ1) is 6.19. The Labute approximate surface area is 80.5 Å². The molecule has 3 aliphatic rings. The van der Waals surface area contributed by atoms with Crippen molar-refractivity contribution in [3.63, 3.8) is 0 Å². The first kappa shape index (κ1) is 8.28. The SMILES string of the molecule is C[C@]12CCC[C@H]3C[C@]31CCC[C@@H]2O. The molecule has 3 aliphatic carbocycles. The van der Waals surface area contributed by atoms with Crippen molar-refractivity contribution in [1.29, 1.82) is 0 Å². The number of rotatable bonds is 0.